The highest BCUT2D eigenvalue weighted by atomic mass is 16.5. The van der Waals surface area contributed by atoms with Gasteiger partial charge in [0.2, 0.25) is 0 Å². The Hall–Kier alpha value is -0.680. The molecule has 0 saturated heterocycles. The molecule has 3 N–H and O–H groups in total. The fourth-order valence-corrected chi connectivity index (χ4v) is 1.30. The van der Waals surface area contributed by atoms with Gasteiger partial charge in [0, 0.05) is 6.04 Å². The van der Waals surface area contributed by atoms with E-state index in [4.69, 9.17) is 20.3 Å². The van der Waals surface area contributed by atoms with E-state index in [2.05, 4.69) is 0 Å². The second-order valence-corrected chi connectivity index (χ2v) is 3.48. The van der Waals surface area contributed by atoms with Crippen molar-refractivity contribution in [2.24, 2.45) is 5.73 Å². The summed E-state index contributed by atoms with van der Waals surface area (Å²) in [6.07, 6.45) is 6.60. The van der Waals surface area contributed by atoms with E-state index in [0.29, 0.717) is 32.8 Å². The number of aliphatic hydroxyl groups excluding tert-OH is 1. The zero-order valence-corrected chi connectivity index (χ0v) is 8.89. The highest BCUT2D eigenvalue weighted by Gasteiger charge is 2.03. The fourth-order valence-electron chi connectivity index (χ4n) is 1.30. The highest BCUT2D eigenvalue weighted by Crippen LogP contribution is 2.07. The zero-order valence-electron chi connectivity index (χ0n) is 8.89. The van der Waals surface area contributed by atoms with Crippen LogP contribution in [0, 0.1) is 0 Å². The Balaban J connectivity index is 2.48. The maximum Gasteiger partial charge on any atom is 0.0704 e. The Morgan fingerprint density at radius 2 is 2.07 bits per heavy atom. The first kappa shape index (κ1) is 12.4. The van der Waals surface area contributed by atoms with E-state index in [-0.39, 0.29) is 12.6 Å². The molecule has 4 nitrogen and oxygen atoms in total. The lowest BCUT2D eigenvalue weighted by molar-refractivity contribution is 0.0701. The van der Waals surface area contributed by atoms with Gasteiger partial charge in [-0.05, 0) is 12.0 Å². The van der Waals surface area contributed by atoms with E-state index in [0.717, 1.165) is 5.57 Å². The third-order valence-corrected chi connectivity index (χ3v) is 2.11. The fraction of sp³-hybridized carbons (Fsp3) is 0.636. The summed E-state index contributed by atoms with van der Waals surface area (Å²) in [5.41, 5.74) is 6.75. The summed E-state index contributed by atoms with van der Waals surface area (Å²) in [5, 5.41) is 8.86. The lowest BCUT2D eigenvalue weighted by Gasteiger charge is -2.10. The molecule has 15 heavy (non-hydrogen) atoms. The second-order valence-electron chi connectivity index (χ2n) is 3.48. The van der Waals surface area contributed by atoms with Crippen LogP contribution in [-0.4, -0.2) is 44.2 Å². The quantitative estimate of drug-likeness (QED) is 0.704. The molecule has 0 aliphatic carbocycles. The van der Waals surface area contributed by atoms with Gasteiger partial charge in [0.1, 0.15) is 0 Å². The minimum atomic E-state index is -0.204. The SMILES string of the molecule is NC(CO)CC1=CCOCCOCC=C1. The lowest BCUT2D eigenvalue weighted by atomic mass is 10.1. The molecule has 0 radical (unpaired) electrons. The van der Waals surface area contributed by atoms with Crippen LogP contribution in [0.1, 0.15) is 6.42 Å². The number of allylic oxidation sites excluding steroid dienone is 1. The van der Waals surface area contributed by atoms with Crippen LogP contribution >= 0.6 is 0 Å². The van der Waals surface area contributed by atoms with Gasteiger partial charge < -0.3 is 20.3 Å². The minimum Gasteiger partial charge on any atom is -0.395 e. The monoisotopic (exact) mass is 213 g/mol. The van der Waals surface area contributed by atoms with E-state index in [9.17, 15) is 0 Å². The van der Waals surface area contributed by atoms with Gasteiger partial charge in [-0.3, -0.25) is 0 Å². The first-order valence-corrected chi connectivity index (χ1v) is 5.20. The van der Waals surface area contributed by atoms with Crippen LogP contribution in [0.25, 0.3) is 0 Å². The summed E-state index contributed by atoms with van der Waals surface area (Å²) in [6, 6.07) is -0.204. The minimum absolute atomic E-state index is 0.00252. The average molecular weight is 213 g/mol. The van der Waals surface area contributed by atoms with Gasteiger partial charge in [-0.25, -0.2) is 0 Å². The molecule has 1 aliphatic heterocycles. The highest BCUT2D eigenvalue weighted by molar-refractivity contribution is 5.20. The number of nitrogens with two attached hydrogens (primary N) is 1. The summed E-state index contributed by atoms with van der Waals surface area (Å²) in [7, 11) is 0. The number of rotatable bonds is 3. The topological polar surface area (TPSA) is 64.7 Å². The molecule has 0 aromatic rings. The Labute approximate surface area is 90.4 Å². The van der Waals surface area contributed by atoms with Crippen molar-refractivity contribution in [3.8, 4) is 0 Å². The van der Waals surface area contributed by atoms with Crippen molar-refractivity contribution in [1.29, 1.82) is 0 Å². The normalized spacial score (nSPS) is 20.8. The lowest BCUT2D eigenvalue weighted by Crippen LogP contribution is -2.24. The van der Waals surface area contributed by atoms with Crippen molar-refractivity contribution >= 4 is 0 Å². The molecule has 0 saturated carbocycles. The molecule has 0 bridgehead atoms. The van der Waals surface area contributed by atoms with Crippen molar-refractivity contribution in [3.05, 3.63) is 23.8 Å². The van der Waals surface area contributed by atoms with Crippen LogP contribution < -0.4 is 5.73 Å². The molecule has 1 unspecified atom stereocenters. The van der Waals surface area contributed by atoms with Crippen LogP contribution in [-0.2, 0) is 9.47 Å². The van der Waals surface area contributed by atoms with E-state index in [1.807, 2.05) is 18.2 Å². The van der Waals surface area contributed by atoms with E-state index in [1.54, 1.807) is 0 Å². The van der Waals surface area contributed by atoms with Gasteiger partial charge in [-0.1, -0.05) is 18.2 Å². The van der Waals surface area contributed by atoms with Crippen molar-refractivity contribution in [3.63, 3.8) is 0 Å². The third-order valence-electron chi connectivity index (χ3n) is 2.11. The molecule has 0 amide bonds. The predicted octanol–water partition coefficient (Wildman–Crippen LogP) is 0.225. The maximum atomic E-state index is 8.86. The molecule has 0 aromatic heterocycles. The number of hydrogen-bond donors (Lipinski definition) is 2. The molecule has 1 aliphatic rings. The van der Waals surface area contributed by atoms with E-state index < -0.39 is 0 Å². The molecule has 0 spiro atoms. The molecule has 0 fully saturated rings. The summed E-state index contributed by atoms with van der Waals surface area (Å²) in [5.74, 6) is 0. The molecule has 1 atom stereocenters. The average Bonchev–Trinajstić information content (AvgIpc) is 2.27. The first-order chi connectivity index (χ1) is 7.33. The Kier molecular flexibility index (Phi) is 6.27. The summed E-state index contributed by atoms with van der Waals surface area (Å²) in [6.45, 7) is 2.41. The number of ether oxygens (including phenoxy) is 2. The van der Waals surface area contributed by atoms with Crippen LogP contribution in [0.5, 0.6) is 0 Å². The van der Waals surface area contributed by atoms with E-state index in [1.165, 1.54) is 0 Å². The Bertz CT molecular complexity index is 226. The molecule has 1 heterocycles. The number of hydrogen-bond acceptors (Lipinski definition) is 4. The molecule has 86 valence electrons. The standard InChI is InChI=1S/C11H19NO3/c12-11(9-13)8-10-2-1-4-14-6-7-15-5-3-10/h1-3,11,13H,4-9,12H2. The molecule has 4 heteroatoms. The third kappa shape index (κ3) is 5.69. The van der Waals surface area contributed by atoms with Gasteiger partial charge in [0.15, 0.2) is 0 Å². The number of aliphatic hydroxyl groups is 1. The maximum absolute atomic E-state index is 8.86. The van der Waals surface area contributed by atoms with Crippen molar-refractivity contribution in [2.45, 2.75) is 12.5 Å². The molecule has 1 rings (SSSR count). The summed E-state index contributed by atoms with van der Waals surface area (Å²) in [4.78, 5) is 0. The molecule has 0 aromatic carbocycles. The van der Waals surface area contributed by atoms with Crippen LogP contribution in [0.15, 0.2) is 23.8 Å². The molecular formula is C11H19NO3. The van der Waals surface area contributed by atoms with Crippen LogP contribution in [0.3, 0.4) is 0 Å². The largest absolute Gasteiger partial charge is 0.395 e. The predicted molar refractivity (Wildman–Crippen MR) is 58.5 cm³/mol. The van der Waals surface area contributed by atoms with Crippen molar-refractivity contribution in [2.75, 3.05) is 33.0 Å². The van der Waals surface area contributed by atoms with Crippen LogP contribution in [0.2, 0.25) is 0 Å². The van der Waals surface area contributed by atoms with Gasteiger partial charge in [-0.15, -0.1) is 0 Å². The Morgan fingerprint density at radius 3 is 2.80 bits per heavy atom. The van der Waals surface area contributed by atoms with Gasteiger partial charge in [0.25, 0.3) is 0 Å². The van der Waals surface area contributed by atoms with Crippen molar-refractivity contribution in [1.82, 2.24) is 0 Å². The van der Waals surface area contributed by atoms with Crippen molar-refractivity contribution < 1.29 is 14.6 Å². The van der Waals surface area contributed by atoms with Crippen LogP contribution in [0.4, 0.5) is 0 Å². The Morgan fingerprint density at radius 1 is 1.33 bits per heavy atom. The second kappa shape index (κ2) is 7.59. The molecular weight excluding hydrogens is 194 g/mol. The summed E-state index contributed by atoms with van der Waals surface area (Å²) >= 11 is 0. The zero-order chi connectivity index (χ0) is 10.9. The summed E-state index contributed by atoms with van der Waals surface area (Å²) < 4.78 is 10.6. The van der Waals surface area contributed by atoms with Gasteiger partial charge in [-0.2, -0.15) is 0 Å². The van der Waals surface area contributed by atoms with Gasteiger partial charge in [0.05, 0.1) is 33.0 Å². The first-order valence-electron chi connectivity index (χ1n) is 5.20. The van der Waals surface area contributed by atoms with E-state index >= 15 is 0 Å². The smallest absolute Gasteiger partial charge is 0.0704 e. The van der Waals surface area contributed by atoms with Gasteiger partial charge >= 0.3 is 0 Å².